The number of hydrogen-bond acceptors (Lipinski definition) is 2. The Morgan fingerprint density at radius 3 is 2.79 bits per heavy atom. The summed E-state index contributed by atoms with van der Waals surface area (Å²) in [4.78, 5) is 0. The topological polar surface area (TPSA) is 21.3 Å². The Hall–Kier alpha value is -1.02. The molecule has 0 fully saturated rings. The van der Waals surface area contributed by atoms with Crippen LogP contribution in [-0.4, -0.2) is 19.7 Å². The monoisotopic (exact) mass is 261 g/mol. The number of nitrogens with one attached hydrogen (secondary N) is 1. The predicted octanol–water partition coefficient (Wildman–Crippen LogP) is 3.82. The molecule has 0 spiro atoms. The van der Waals surface area contributed by atoms with E-state index in [0.717, 1.165) is 37.3 Å². The molecule has 1 aliphatic rings. The molecule has 2 rings (SSSR count). The Bertz CT molecular complexity index is 389. The fraction of sp³-hybridized carbons (Fsp3) is 0.647. The fourth-order valence-corrected chi connectivity index (χ4v) is 2.67. The molecule has 19 heavy (non-hydrogen) atoms. The lowest BCUT2D eigenvalue weighted by Crippen LogP contribution is -2.25. The third-order valence-corrected chi connectivity index (χ3v) is 3.85. The molecule has 0 saturated heterocycles. The smallest absolute Gasteiger partial charge is 0.122 e. The molecule has 2 nitrogen and oxygen atoms in total. The lowest BCUT2D eigenvalue weighted by molar-refractivity contribution is 0.315. The highest BCUT2D eigenvalue weighted by atomic mass is 16.5. The Labute approximate surface area is 117 Å². The standard InChI is InChI=1S/C17H27NO/c1-13(2)10-18-11-14(3)8-9-15-12-19-17-7-5-4-6-16(15)17/h4-7,13-15,18H,8-12H2,1-3H3. The first-order valence-electron chi connectivity index (χ1n) is 7.59. The fourth-order valence-electron chi connectivity index (χ4n) is 2.67. The maximum absolute atomic E-state index is 5.74. The van der Waals surface area contributed by atoms with Crippen molar-refractivity contribution in [3.8, 4) is 5.75 Å². The summed E-state index contributed by atoms with van der Waals surface area (Å²) >= 11 is 0. The van der Waals surface area contributed by atoms with Crippen LogP contribution in [0.5, 0.6) is 5.75 Å². The zero-order chi connectivity index (χ0) is 13.7. The number of para-hydroxylation sites is 1. The van der Waals surface area contributed by atoms with Gasteiger partial charge >= 0.3 is 0 Å². The van der Waals surface area contributed by atoms with Crippen LogP contribution in [-0.2, 0) is 0 Å². The highest BCUT2D eigenvalue weighted by Crippen LogP contribution is 2.36. The minimum absolute atomic E-state index is 0.601. The highest BCUT2D eigenvalue weighted by Gasteiger charge is 2.23. The number of benzene rings is 1. The van der Waals surface area contributed by atoms with Gasteiger partial charge in [-0.3, -0.25) is 0 Å². The number of fused-ring (bicyclic) bond motifs is 1. The second kappa shape index (κ2) is 6.95. The molecule has 0 aromatic heterocycles. The second-order valence-electron chi connectivity index (χ2n) is 6.28. The van der Waals surface area contributed by atoms with Gasteiger partial charge in [-0.15, -0.1) is 0 Å². The van der Waals surface area contributed by atoms with Crippen LogP contribution in [0, 0.1) is 11.8 Å². The number of rotatable bonds is 7. The Morgan fingerprint density at radius 1 is 1.21 bits per heavy atom. The minimum Gasteiger partial charge on any atom is -0.493 e. The summed E-state index contributed by atoms with van der Waals surface area (Å²) in [6.45, 7) is 9.97. The van der Waals surface area contributed by atoms with E-state index in [1.165, 1.54) is 18.4 Å². The summed E-state index contributed by atoms with van der Waals surface area (Å²) in [5.74, 6) is 3.18. The summed E-state index contributed by atoms with van der Waals surface area (Å²) in [7, 11) is 0. The second-order valence-corrected chi connectivity index (χ2v) is 6.28. The van der Waals surface area contributed by atoms with Crippen LogP contribution in [0.25, 0.3) is 0 Å². The third kappa shape index (κ3) is 4.24. The van der Waals surface area contributed by atoms with Crippen LogP contribution in [0.4, 0.5) is 0 Å². The minimum atomic E-state index is 0.601. The van der Waals surface area contributed by atoms with Crippen LogP contribution in [0.1, 0.15) is 45.1 Å². The zero-order valence-electron chi connectivity index (χ0n) is 12.5. The van der Waals surface area contributed by atoms with E-state index in [1.807, 2.05) is 0 Å². The molecule has 0 bridgehead atoms. The molecule has 1 aliphatic heterocycles. The van der Waals surface area contributed by atoms with Crippen molar-refractivity contribution in [2.24, 2.45) is 11.8 Å². The molecule has 0 aliphatic carbocycles. The van der Waals surface area contributed by atoms with E-state index in [-0.39, 0.29) is 0 Å². The van der Waals surface area contributed by atoms with Crippen LogP contribution in [0.15, 0.2) is 24.3 Å². The van der Waals surface area contributed by atoms with Gasteiger partial charge < -0.3 is 10.1 Å². The van der Waals surface area contributed by atoms with Gasteiger partial charge in [0.1, 0.15) is 5.75 Å². The Kier molecular flexibility index (Phi) is 5.26. The molecule has 1 aromatic rings. The molecule has 1 N–H and O–H groups in total. The van der Waals surface area contributed by atoms with Gasteiger partial charge in [0.25, 0.3) is 0 Å². The summed E-state index contributed by atoms with van der Waals surface area (Å²) in [5, 5.41) is 3.55. The van der Waals surface area contributed by atoms with Gasteiger partial charge in [0.05, 0.1) is 6.61 Å². The van der Waals surface area contributed by atoms with Crippen molar-refractivity contribution in [2.45, 2.75) is 39.5 Å². The summed E-state index contributed by atoms with van der Waals surface area (Å²) in [6, 6.07) is 8.48. The largest absolute Gasteiger partial charge is 0.493 e. The van der Waals surface area contributed by atoms with Crippen molar-refractivity contribution in [2.75, 3.05) is 19.7 Å². The number of hydrogen-bond donors (Lipinski definition) is 1. The first-order valence-corrected chi connectivity index (χ1v) is 7.59. The molecule has 2 unspecified atom stereocenters. The Balaban J connectivity index is 1.72. The maximum atomic E-state index is 5.74. The molecular formula is C17H27NO. The van der Waals surface area contributed by atoms with Crippen LogP contribution in [0.2, 0.25) is 0 Å². The van der Waals surface area contributed by atoms with Crippen molar-refractivity contribution < 1.29 is 4.74 Å². The van der Waals surface area contributed by atoms with Crippen LogP contribution in [0.3, 0.4) is 0 Å². The van der Waals surface area contributed by atoms with Gasteiger partial charge in [-0.2, -0.15) is 0 Å². The van der Waals surface area contributed by atoms with Gasteiger partial charge in [-0.25, -0.2) is 0 Å². The van der Waals surface area contributed by atoms with Gasteiger partial charge in [0, 0.05) is 11.5 Å². The molecule has 1 heterocycles. The highest BCUT2D eigenvalue weighted by molar-refractivity contribution is 5.39. The van der Waals surface area contributed by atoms with E-state index in [9.17, 15) is 0 Å². The Morgan fingerprint density at radius 2 is 2.00 bits per heavy atom. The summed E-state index contributed by atoms with van der Waals surface area (Å²) < 4.78 is 5.74. The van der Waals surface area contributed by atoms with E-state index in [0.29, 0.717) is 5.92 Å². The van der Waals surface area contributed by atoms with Crippen molar-refractivity contribution in [3.63, 3.8) is 0 Å². The van der Waals surface area contributed by atoms with Crippen molar-refractivity contribution in [3.05, 3.63) is 29.8 Å². The summed E-state index contributed by atoms with van der Waals surface area (Å²) in [5.41, 5.74) is 1.41. The quantitative estimate of drug-likeness (QED) is 0.805. The lowest BCUT2D eigenvalue weighted by Gasteiger charge is -2.16. The van der Waals surface area contributed by atoms with Gasteiger partial charge in [-0.05, 0) is 43.8 Å². The van der Waals surface area contributed by atoms with E-state index >= 15 is 0 Å². The predicted molar refractivity (Wildman–Crippen MR) is 80.8 cm³/mol. The van der Waals surface area contributed by atoms with Crippen molar-refractivity contribution in [1.29, 1.82) is 0 Å². The molecule has 0 saturated carbocycles. The maximum Gasteiger partial charge on any atom is 0.122 e. The van der Waals surface area contributed by atoms with E-state index in [2.05, 4.69) is 50.4 Å². The first-order chi connectivity index (χ1) is 9.16. The van der Waals surface area contributed by atoms with Gasteiger partial charge in [0.2, 0.25) is 0 Å². The lowest BCUT2D eigenvalue weighted by atomic mass is 9.92. The average Bonchev–Trinajstić information content (AvgIpc) is 2.79. The first kappa shape index (κ1) is 14.4. The molecule has 0 amide bonds. The van der Waals surface area contributed by atoms with Crippen molar-refractivity contribution >= 4 is 0 Å². The normalized spacial score (nSPS) is 19.3. The van der Waals surface area contributed by atoms with Gasteiger partial charge in [-0.1, -0.05) is 39.0 Å². The molecule has 2 heteroatoms. The third-order valence-electron chi connectivity index (χ3n) is 3.85. The molecule has 1 aromatic carbocycles. The summed E-state index contributed by atoms with van der Waals surface area (Å²) in [6.07, 6.45) is 2.51. The van der Waals surface area contributed by atoms with Crippen LogP contribution < -0.4 is 10.1 Å². The van der Waals surface area contributed by atoms with Crippen LogP contribution >= 0.6 is 0 Å². The zero-order valence-corrected chi connectivity index (χ0v) is 12.5. The SMILES string of the molecule is CC(C)CNCC(C)CCC1COc2ccccc21. The van der Waals surface area contributed by atoms with E-state index < -0.39 is 0 Å². The molecular weight excluding hydrogens is 234 g/mol. The van der Waals surface area contributed by atoms with E-state index in [4.69, 9.17) is 4.74 Å². The molecule has 106 valence electrons. The van der Waals surface area contributed by atoms with E-state index in [1.54, 1.807) is 0 Å². The number of ether oxygens (including phenoxy) is 1. The average molecular weight is 261 g/mol. The van der Waals surface area contributed by atoms with Crippen molar-refractivity contribution in [1.82, 2.24) is 5.32 Å². The molecule has 2 atom stereocenters. The molecule has 0 radical (unpaired) electrons. The van der Waals surface area contributed by atoms with Gasteiger partial charge in [0.15, 0.2) is 0 Å².